The molecule has 0 aliphatic carbocycles. The SMILES string of the molecule is CCCCC(=O)c1cn2c(CO)c(-c3ccc(Cl)cc3)nc2s1. The highest BCUT2D eigenvalue weighted by molar-refractivity contribution is 7.18. The Hall–Kier alpha value is -1.69. The molecular weight excluding hydrogens is 332 g/mol. The first kappa shape index (κ1) is 16.2. The van der Waals surface area contributed by atoms with Crippen molar-refractivity contribution in [2.24, 2.45) is 0 Å². The van der Waals surface area contributed by atoms with Crippen molar-refractivity contribution in [2.45, 2.75) is 32.8 Å². The number of carbonyl (C=O) groups is 1. The van der Waals surface area contributed by atoms with E-state index in [9.17, 15) is 9.90 Å². The molecule has 0 radical (unpaired) electrons. The average Bonchev–Trinajstić information content (AvgIpc) is 3.10. The molecule has 0 fully saturated rings. The normalized spacial score (nSPS) is 11.3. The lowest BCUT2D eigenvalue weighted by Gasteiger charge is -2.01. The van der Waals surface area contributed by atoms with Gasteiger partial charge in [-0.3, -0.25) is 9.20 Å². The molecule has 1 N–H and O–H groups in total. The number of carbonyl (C=O) groups excluding carboxylic acids is 1. The monoisotopic (exact) mass is 348 g/mol. The van der Waals surface area contributed by atoms with E-state index in [-0.39, 0.29) is 12.4 Å². The third-order valence-corrected chi connectivity index (χ3v) is 5.00. The summed E-state index contributed by atoms with van der Waals surface area (Å²) in [5, 5.41) is 10.4. The van der Waals surface area contributed by atoms with Gasteiger partial charge in [0.2, 0.25) is 0 Å². The molecule has 0 aliphatic heterocycles. The summed E-state index contributed by atoms with van der Waals surface area (Å²) in [6, 6.07) is 7.35. The van der Waals surface area contributed by atoms with Crippen molar-refractivity contribution in [1.82, 2.24) is 9.38 Å². The zero-order valence-corrected chi connectivity index (χ0v) is 14.3. The summed E-state index contributed by atoms with van der Waals surface area (Å²) in [5.41, 5.74) is 2.31. The number of unbranched alkanes of at least 4 members (excludes halogenated alkanes) is 1. The number of imidazole rings is 1. The lowest BCUT2D eigenvalue weighted by molar-refractivity contribution is 0.0983. The topological polar surface area (TPSA) is 54.6 Å². The van der Waals surface area contributed by atoms with Crippen LogP contribution in [0.25, 0.3) is 16.2 Å². The van der Waals surface area contributed by atoms with Crippen LogP contribution in [0.1, 0.15) is 41.6 Å². The summed E-state index contributed by atoms with van der Waals surface area (Å²) >= 11 is 7.29. The molecule has 2 heterocycles. The molecule has 23 heavy (non-hydrogen) atoms. The van der Waals surface area contributed by atoms with Crippen molar-refractivity contribution in [1.29, 1.82) is 0 Å². The zero-order valence-electron chi connectivity index (χ0n) is 12.8. The summed E-state index contributed by atoms with van der Waals surface area (Å²) in [5.74, 6) is 0.138. The van der Waals surface area contributed by atoms with Gasteiger partial charge in [0, 0.05) is 23.2 Å². The Labute approximate surface area is 143 Å². The van der Waals surface area contributed by atoms with Crippen LogP contribution in [0.2, 0.25) is 5.02 Å². The van der Waals surface area contributed by atoms with E-state index in [1.165, 1.54) is 11.3 Å². The number of nitrogens with zero attached hydrogens (tertiary/aromatic N) is 2. The van der Waals surface area contributed by atoms with Crippen LogP contribution in [0.4, 0.5) is 0 Å². The molecule has 2 aromatic heterocycles. The highest BCUT2D eigenvalue weighted by atomic mass is 35.5. The van der Waals surface area contributed by atoms with E-state index in [4.69, 9.17) is 11.6 Å². The van der Waals surface area contributed by atoms with Gasteiger partial charge in [-0.05, 0) is 18.6 Å². The Morgan fingerprint density at radius 3 is 2.74 bits per heavy atom. The standard InChI is InChI=1S/C17H17ClN2O2S/c1-2-3-4-14(22)15-9-20-13(10-21)16(19-17(20)23-15)11-5-7-12(18)8-6-11/h5-9,21H,2-4,10H2,1H3. The van der Waals surface area contributed by atoms with E-state index >= 15 is 0 Å². The van der Waals surface area contributed by atoms with Crippen molar-refractivity contribution in [3.05, 3.63) is 46.1 Å². The van der Waals surface area contributed by atoms with Gasteiger partial charge < -0.3 is 5.11 Å². The Morgan fingerprint density at radius 1 is 1.35 bits per heavy atom. The van der Waals surface area contributed by atoms with Crippen molar-refractivity contribution in [3.8, 4) is 11.3 Å². The summed E-state index contributed by atoms with van der Waals surface area (Å²) in [7, 11) is 0. The van der Waals surface area contributed by atoms with E-state index < -0.39 is 0 Å². The lowest BCUT2D eigenvalue weighted by Crippen LogP contribution is -1.97. The lowest BCUT2D eigenvalue weighted by atomic mass is 10.1. The van der Waals surface area contributed by atoms with Crippen molar-refractivity contribution in [3.63, 3.8) is 0 Å². The fraction of sp³-hybridized carbons (Fsp3) is 0.294. The summed E-state index contributed by atoms with van der Waals surface area (Å²) in [6.45, 7) is 1.93. The highest BCUT2D eigenvalue weighted by Gasteiger charge is 2.18. The van der Waals surface area contributed by atoms with E-state index in [2.05, 4.69) is 11.9 Å². The van der Waals surface area contributed by atoms with E-state index in [0.29, 0.717) is 22.0 Å². The third kappa shape index (κ3) is 3.17. The van der Waals surface area contributed by atoms with Gasteiger partial charge in [0.15, 0.2) is 10.7 Å². The molecule has 0 atom stereocenters. The number of benzene rings is 1. The molecule has 0 aliphatic rings. The maximum Gasteiger partial charge on any atom is 0.195 e. The van der Waals surface area contributed by atoms with Gasteiger partial charge in [-0.2, -0.15) is 0 Å². The largest absolute Gasteiger partial charge is 0.390 e. The molecule has 120 valence electrons. The fourth-order valence-electron chi connectivity index (χ4n) is 2.47. The van der Waals surface area contributed by atoms with Crippen LogP contribution in [0.3, 0.4) is 0 Å². The van der Waals surface area contributed by atoms with Gasteiger partial charge in [0.05, 0.1) is 22.9 Å². The minimum atomic E-state index is -0.140. The second-order valence-electron chi connectivity index (χ2n) is 5.35. The van der Waals surface area contributed by atoms with Crippen LogP contribution in [-0.2, 0) is 6.61 Å². The van der Waals surface area contributed by atoms with Gasteiger partial charge in [-0.15, -0.1) is 0 Å². The molecule has 0 spiro atoms. The first-order chi connectivity index (χ1) is 11.1. The Balaban J connectivity index is 2.00. The quantitative estimate of drug-likeness (QED) is 0.663. The second kappa shape index (κ2) is 6.83. The van der Waals surface area contributed by atoms with Gasteiger partial charge >= 0.3 is 0 Å². The fourth-order valence-corrected chi connectivity index (χ4v) is 3.56. The minimum absolute atomic E-state index is 0.138. The zero-order chi connectivity index (χ0) is 16.4. The molecule has 0 saturated heterocycles. The molecule has 3 aromatic rings. The summed E-state index contributed by atoms with van der Waals surface area (Å²) in [6.07, 6.45) is 4.23. The summed E-state index contributed by atoms with van der Waals surface area (Å²) in [4.78, 5) is 18.2. The number of aliphatic hydroxyl groups is 1. The highest BCUT2D eigenvalue weighted by Crippen LogP contribution is 2.30. The first-order valence-electron chi connectivity index (χ1n) is 7.54. The smallest absolute Gasteiger partial charge is 0.195 e. The average molecular weight is 349 g/mol. The van der Waals surface area contributed by atoms with E-state index in [1.54, 1.807) is 18.3 Å². The van der Waals surface area contributed by atoms with Crippen LogP contribution in [0.15, 0.2) is 30.5 Å². The number of fused-ring (bicyclic) bond motifs is 1. The maximum absolute atomic E-state index is 12.2. The van der Waals surface area contributed by atoms with Gasteiger partial charge in [-0.1, -0.05) is 48.4 Å². The van der Waals surface area contributed by atoms with Crippen LogP contribution in [-0.4, -0.2) is 20.3 Å². The van der Waals surface area contributed by atoms with Crippen LogP contribution >= 0.6 is 22.9 Å². The number of thiazole rings is 1. The molecule has 0 bridgehead atoms. The number of hydrogen-bond donors (Lipinski definition) is 1. The van der Waals surface area contributed by atoms with Gasteiger partial charge in [0.25, 0.3) is 0 Å². The number of aliphatic hydroxyl groups excluding tert-OH is 1. The molecule has 1 aromatic carbocycles. The minimum Gasteiger partial charge on any atom is -0.390 e. The van der Waals surface area contributed by atoms with Gasteiger partial charge in [-0.25, -0.2) is 4.98 Å². The molecule has 6 heteroatoms. The number of aromatic nitrogens is 2. The number of ketones is 1. The number of halogens is 1. The van der Waals surface area contributed by atoms with Crippen molar-refractivity contribution >= 4 is 33.7 Å². The maximum atomic E-state index is 12.2. The van der Waals surface area contributed by atoms with E-state index in [0.717, 1.165) is 29.1 Å². The third-order valence-electron chi connectivity index (χ3n) is 3.72. The number of rotatable bonds is 6. The first-order valence-corrected chi connectivity index (χ1v) is 8.74. The number of Topliss-reactive ketones (excluding diaryl/α,β-unsaturated/α-hetero) is 1. The number of hydrogen-bond acceptors (Lipinski definition) is 4. The predicted octanol–water partition coefficient (Wildman–Crippen LogP) is 4.58. The molecule has 0 amide bonds. The van der Waals surface area contributed by atoms with Crippen LogP contribution < -0.4 is 0 Å². The molecule has 3 rings (SSSR count). The van der Waals surface area contributed by atoms with E-state index in [1.807, 2.05) is 16.5 Å². The second-order valence-corrected chi connectivity index (χ2v) is 6.79. The van der Waals surface area contributed by atoms with Crippen molar-refractivity contribution in [2.75, 3.05) is 0 Å². The van der Waals surface area contributed by atoms with Crippen LogP contribution in [0, 0.1) is 0 Å². The summed E-state index contributed by atoms with van der Waals surface area (Å²) < 4.78 is 1.81. The van der Waals surface area contributed by atoms with Crippen molar-refractivity contribution < 1.29 is 9.90 Å². The van der Waals surface area contributed by atoms with Crippen LogP contribution in [0.5, 0.6) is 0 Å². The van der Waals surface area contributed by atoms with Gasteiger partial charge in [0.1, 0.15) is 0 Å². The molecule has 0 saturated carbocycles. The Bertz CT molecular complexity index is 836. The molecule has 4 nitrogen and oxygen atoms in total. The Kier molecular flexibility index (Phi) is 4.80. The molecule has 0 unspecified atom stereocenters. The molecular formula is C17H17ClN2O2S. The predicted molar refractivity (Wildman–Crippen MR) is 93.3 cm³/mol. The Morgan fingerprint density at radius 2 is 2.09 bits per heavy atom.